The van der Waals surface area contributed by atoms with Gasteiger partial charge in [-0.25, -0.2) is 0 Å². The molecule has 138 valence electrons. The van der Waals surface area contributed by atoms with Crippen molar-refractivity contribution in [2.24, 2.45) is 0 Å². The van der Waals surface area contributed by atoms with Crippen LogP contribution in [0.5, 0.6) is 0 Å². The SMILES string of the molecule is COCCNCC(=O)N1CCN(C(=O)c2cc3sccc3s2)CC1.Cl. The lowest BCUT2D eigenvalue weighted by Crippen LogP contribution is -2.52. The van der Waals surface area contributed by atoms with Gasteiger partial charge in [0.05, 0.1) is 18.0 Å². The Morgan fingerprint density at radius 1 is 1.20 bits per heavy atom. The van der Waals surface area contributed by atoms with Crippen molar-refractivity contribution >= 4 is 56.3 Å². The number of fused-ring (bicyclic) bond motifs is 1. The molecule has 9 heteroatoms. The molecule has 0 saturated carbocycles. The van der Waals surface area contributed by atoms with E-state index in [0.717, 1.165) is 4.88 Å². The average molecular weight is 404 g/mol. The smallest absolute Gasteiger partial charge is 0.264 e. The van der Waals surface area contributed by atoms with E-state index < -0.39 is 0 Å². The monoisotopic (exact) mass is 403 g/mol. The number of rotatable bonds is 6. The fourth-order valence-electron chi connectivity index (χ4n) is 2.67. The zero-order valence-electron chi connectivity index (χ0n) is 14.0. The van der Waals surface area contributed by atoms with E-state index >= 15 is 0 Å². The second kappa shape index (κ2) is 9.49. The Morgan fingerprint density at radius 2 is 1.92 bits per heavy atom. The summed E-state index contributed by atoms with van der Waals surface area (Å²) in [7, 11) is 1.64. The minimum absolute atomic E-state index is 0. The number of carbonyl (C=O) groups excluding carboxylic acids is 2. The van der Waals surface area contributed by atoms with Gasteiger partial charge in [-0.05, 0) is 17.5 Å². The number of ether oxygens (including phenoxy) is 1. The summed E-state index contributed by atoms with van der Waals surface area (Å²) in [6.45, 7) is 3.94. The molecule has 25 heavy (non-hydrogen) atoms. The second-order valence-electron chi connectivity index (χ2n) is 5.60. The minimum atomic E-state index is 0. The van der Waals surface area contributed by atoms with E-state index in [1.165, 1.54) is 9.40 Å². The summed E-state index contributed by atoms with van der Waals surface area (Å²) >= 11 is 3.20. The molecule has 1 fully saturated rings. The number of nitrogens with zero attached hydrogens (tertiary/aromatic N) is 2. The summed E-state index contributed by atoms with van der Waals surface area (Å²) in [4.78, 5) is 29.2. The first-order valence-electron chi connectivity index (χ1n) is 7.93. The molecule has 0 aromatic carbocycles. The standard InChI is InChI=1S/C16H21N3O3S2.ClH/c1-22-8-3-17-11-15(20)18-4-6-19(7-5-18)16(21)14-10-13-12(24-14)2-9-23-13;/h2,9-10,17H,3-8,11H2,1H3;1H. The lowest BCUT2D eigenvalue weighted by atomic mass is 10.3. The molecular formula is C16H22ClN3O3S2. The number of hydrogen-bond donors (Lipinski definition) is 1. The highest BCUT2D eigenvalue weighted by molar-refractivity contribution is 7.27. The van der Waals surface area contributed by atoms with Crippen LogP contribution in [0.2, 0.25) is 0 Å². The molecule has 3 heterocycles. The van der Waals surface area contributed by atoms with Gasteiger partial charge >= 0.3 is 0 Å². The van der Waals surface area contributed by atoms with Crippen molar-refractivity contribution in [2.45, 2.75) is 0 Å². The largest absolute Gasteiger partial charge is 0.383 e. The van der Waals surface area contributed by atoms with E-state index in [4.69, 9.17) is 4.74 Å². The number of carbonyl (C=O) groups is 2. The van der Waals surface area contributed by atoms with Crippen LogP contribution in [0.25, 0.3) is 9.40 Å². The van der Waals surface area contributed by atoms with E-state index in [9.17, 15) is 9.59 Å². The molecule has 6 nitrogen and oxygen atoms in total. The average Bonchev–Trinajstić information content (AvgIpc) is 3.20. The highest BCUT2D eigenvalue weighted by atomic mass is 35.5. The van der Waals surface area contributed by atoms with Crippen molar-refractivity contribution in [1.29, 1.82) is 0 Å². The molecule has 2 aromatic heterocycles. The number of amides is 2. The van der Waals surface area contributed by atoms with Crippen molar-refractivity contribution in [3.63, 3.8) is 0 Å². The third-order valence-electron chi connectivity index (χ3n) is 4.03. The molecule has 2 amide bonds. The first-order valence-corrected chi connectivity index (χ1v) is 9.62. The van der Waals surface area contributed by atoms with E-state index in [2.05, 4.69) is 11.4 Å². The first-order chi connectivity index (χ1) is 11.7. The Kier molecular flexibility index (Phi) is 7.64. The van der Waals surface area contributed by atoms with Crippen LogP contribution in [0, 0.1) is 0 Å². The number of methoxy groups -OCH3 is 1. The van der Waals surface area contributed by atoms with Crippen LogP contribution in [-0.2, 0) is 9.53 Å². The normalized spacial score (nSPS) is 14.6. The Balaban J connectivity index is 0.00000225. The highest BCUT2D eigenvalue weighted by Crippen LogP contribution is 2.30. The van der Waals surface area contributed by atoms with Gasteiger partial charge in [-0.1, -0.05) is 0 Å². The predicted octanol–water partition coefficient (Wildman–Crippen LogP) is 1.91. The Hall–Kier alpha value is -1.19. The Morgan fingerprint density at radius 3 is 2.60 bits per heavy atom. The van der Waals surface area contributed by atoms with Crippen LogP contribution in [-0.4, -0.2) is 74.6 Å². The van der Waals surface area contributed by atoms with Crippen LogP contribution in [0.1, 0.15) is 9.67 Å². The summed E-state index contributed by atoms with van der Waals surface area (Å²) in [5, 5.41) is 5.10. The van der Waals surface area contributed by atoms with Crippen LogP contribution < -0.4 is 5.32 Å². The number of hydrogen-bond acceptors (Lipinski definition) is 6. The molecule has 1 saturated heterocycles. The van der Waals surface area contributed by atoms with Crippen LogP contribution >= 0.6 is 35.1 Å². The quantitative estimate of drug-likeness (QED) is 0.748. The number of nitrogens with one attached hydrogen (secondary N) is 1. The van der Waals surface area contributed by atoms with Gasteiger partial charge in [0.15, 0.2) is 0 Å². The van der Waals surface area contributed by atoms with E-state index in [1.807, 2.05) is 21.2 Å². The second-order valence-corrected chi connectivity index (χ2v) is 7.63. The Bertz CT molecular complexity index is 682. The molecular weight excluding hydrogens is 382 g/mol. The molecule has 0 spiro atoms. The van der Waals surface area contributed by atoms with E-state index in [0.29, 0.717) is 45.9 Å². The van der Waals surface area contributed by atoms with Crippen molar-refractivity contribution < 1.29 is 14.3 Å². The van der Waals surface area contributed by atoms with Crippen molar-refractivity contribution in [1.82, 2.24) is 15.1 Å². The summed E-state index contributed by atoms with van der Waals surface area (Å²) in [6, 6.07) is 4.03. The third-order valence-corrected chi connectivity index (χ3v) is 6.11. The van der Waals surface area contributed by atoms with Gasteiger partial charge in [0.2, 0.25) is 5.91 Å². The number of halogens is 1. The van der Waals surface area contributed by atoms with Crippen molar-refractivity contribution in [3.05, 3.63) is 22.4 Å². The maximum atomic E-state index is 12.6. The maximum Gasteiger partial charge on any atom is 0.264 e. The first kappa shape index (κ1) is 20.1. The molecule has 1 aliphatic heterocycles. The molecule has 3 rings (SSSR count). The van der Waals surface area contributed by atoms with Crippen LogP contribution in [0.3, 0.4) is 0 Å². The summed E-state index contributed by atoms with van der Waals surface area (Å²) in [5.74, 6) is 0.156. The van der Waals surface area contributed by atoms with Gasteiger partial charge in [0.25, 0.3) is 5.91 Å². The molecule has 0 atom stereocenters. The lowest BCUT2D eigenvalue weighted by molar-refractivity contribution is -0.131. The lowest BCUT2D eigenvalue weighted by Gasteiger charge is -2.34. The van der Waals surface area contributed by atoms with Gasteiger partial charge in [-0.15, -0.1) is 35.1 Å². The highest BCUT2D eigenvalue weighted by Gasteiger charge is 2.25. The van der Waals surface area contributed by atoms with Gasteiger partial charge in [-0.3, -0.25) is 9.59 Å². The van der Waals surface area contributed by atoms with Gasteiger partial charge in [0.1, 0.15) is 0 Å². The van der Waals surface area contributed by atoms with Gasteiger partial charge in [0, 0.05) is 49.2 Å². The summed E-state index contributed by atoms with van der Waals surface area (Å²) < 4.78 is 7.27. The molecule has 1 aliphatic rings. The van der Waals surface area contributed by atoms with Crippen molar-refractivity contribution in [2.75, 3.05) is 53.0 Å². The van der Waals surface area contributed by atoms with Gasteiger partial charge < -0.3 is 19.9 Å². The molecule has 0 unspecified atom stereocenters. The third kappa shape index (κ3) is 4.92. The molecule has 0 aliphatic carbocycles. The number of thiophene rings is 2. The zero-order valence-corrected chi connectivity index (χ0v) is 16.5. The molecule has 2 aromatic rings. The van der Waals surface area contributed by atoms with Crippen LogP contribution in [0.15, 0.2) is 17.5 Å². The van der Waals surface area contributed by atoms with Crippen molar-refractivity contribution in [3.8, 4) is 0 Å². The summed E-state index contributed by atoms with van der Waals surface area (Å²) in [5.41, 5.74) is 0. The fourth-order valence-corrected chi connectivity index (χ4v) is 4.74. The predicted molar refractivity (Wildman–Crippen MR) is 104 cm³/mol. The van der Waals surface area contributed by atoms with Gasteiger partial charge in [-0.2, -0.15) is 0 Å². The molecule has 1 N–H and O–H groups in total. The number of piperazine rings is 1. The minimum Gasteiger partial charge on any atom is -0.383 e. The van der Waals surface area contributed by atoms with E-state index in [-0.39, 0.29) is 24.2 Å². The maximum absolute atomic E-state index is 12.6. The Labute approximate surface area is 161 Å². The van der Waals surface area contributed by atoms with Crippen LogP contribution in [0.4, 0.5) is 0 Å². The molecule has 0 bridgehead atoms. The summed E-state index contributed by atoms with van der Waals surface area (Å²) in [6.07, 6.45) is 0. The fraction of sp³-hybridized carbons (Fsp3) is 0.500. The zero-order chi connectivity index (χ0) is 16.9. The topological polar surface area (TPSA) is 61.9 Å². The molecule has 0 radical (unpaired) electrons. The van der Waals surface area contributed by atoms with E-state index in [1.54, 1.807) is 29.8 Å².